The molecule has 3 aliphatic rings. The molecule has 1 unspecified atom stereocenters. The number of nitrogens with zero attached hydrogens (tertiary/aromatic N) is 4. The van der Waals surface area contributed by atoms with Crippen LogP contribution < -0.4 is 20.3 Å². The van der Waals surface area contributed by atoms with E-state index in [2.05, 4.69) is 20.5 Å². The minimum absolute atomic E-state index is 0.0678. The molecule has 2 atom stereocenters. The van der Waals surface area contributed by atoms with Crippen LogP contribution in [0.15, 0.2) is 35.3 Å². The lowest BCUT2D eigenvalue weighted by Gasteiger charge is -2.35. The number of carbonyl (C=O) groups excluding carboxylic acids is 2. The molecule has 214 valence electrons. The molecule has 2 aliphatic heterocycles. The maximum absolute atomic E-state index is 13.2. The second-order valence-electron chi connectivity index (χ2n) is 10.6. The molecule has 1 aromatic heterocycles. The number of aliphatic imine (C=N–C) groups is 1. The fraction of sp³-hybridized carbons (Fsp3) is 0.517. The highest BCUT2D eigenvalue weighted by molar-refractivity contribution is 5.95. The first-order valence-electron chi connectivity index (χ1n) is 13.9. The molecule has 40 heavy (non-hydrogen) atoms. The summed E-state index contributed by atoms with van der Waals surface area (Å²) in [7, 11) is 1.57. The number of nitrogens with one attached hydrogen (secondary N) is 2. The SMILES string of the molecule is COCOc1ccc2c(c1)C=NC([C@H](O)CNC(=O)c1cc(NC3CCC3)nc(N3CCN(C(C)=O)CC3)c1)C2. The number of piperazine rings is 1. The summed E-state index contributed by atoms with van der Waals surface area (Å²) in [5, 5.41) is 17.2. The molecular formula is C29H38N6O5. The number of aliphatic hydroxyl groups excluding tert-OH is 1. The van der Waals surface area contributed by atoms with E-state index in [4.69, 9.17) is 14.5 Å². The van der Waals surface area contributed by atoms with Crippen molar-refractivity contribution in [1.82, 2.24) is 15.2 Å². The smallest absolute Gasteiger partial charge is 0.251 e. The number of ether oxygens (including phenoxy) is 2. The van der Waals surface area contributed by atoms with E-state index in [1.54, 1.807) is 32.4 Å². The highest BCUT2D eigenvalue weighted by atomic mass is 16.7. The van der Waals surface area contributed by atoms with Gasteiger partial charge in [-0.3, -0.25) is 14.6 Å². The zero-order valence-electron chi connectivity index (χ0n) is 23.1. The second kappa shape index (κ2) is 12.6. The lowest BCUT2D eigenvalue weighted by molar-refractivity contribution is -0.129. The summed E-state index contributed by atoms with van der Waals surface area (Å²) in [5.41, 5.74) is 2.49. The maximum atomic E-state index is 13.2. The topological polar surface area (TPSA) is 129 Å². The van der Waals surface area contributed by atoms with E-state index in [-0.39, 0.29) is 31.2 Å². The minimum Gasteiger partial charge on any atom is -0.468 e. The Balaban J connectivity index is 1.22. The average Bonchev–Trinajstić information content (AvgIpc) is 2.96. The van der Waals surface area contributed by atoms with Crippen LogP contribution in [0, 0.1) is 0 Å². The van der Waals surface area contributed by atoms with Crippen LogP contribution in [-0.4, -0.2) is 97.8 Å². The van der Waals surface area contributed by atoms with Crippen molar-refractivity contribution in [3.8, 4) is 5.75 Å². The number of fused-ring (bicyclic) bond motifs is 1. The molecule has 11 nitrogen and oxygen atoms in total. The summed E-state index contributed by atoms with van der Waals surface area (Å²) in [6.45, 7) is 4.38. The van der Waals surface area contributed by atoms with Crippen molar-refractivity contribution in [2.24, 2.45) is 4.99 Å². The number of rotatable bonds is 10. The van der Waals surface area contributed by atoms with Crippen molar-refractivity contribution >= 4 is 29.7 Å². The van der Waals surface area contributed by atoms with Crippen molar-refractivity contribution in [3.63, 3.8) is 0 Å². The van der Waals surface area contributed by atoms with Gasteiger partial charge in [0.2, 0.25) is 5.91 Å². The van der Waals surface area contributed by atoms with Gasteiger partial charge in [0.15, 0.2) is 6.79 Å². The van der Waals surface area contributed by atoms with Crippen molar-refractivity contribution in [2.75, 3.05) is 56.8 Å². The second-order valence-corrected chi connectivity index (χ2v) is 10.6. The fourth-order valence-electron chi connectivity index (χ4n) is 5.12. The number of hydrogen-bond donors (Lipinski definition) is 3. The zero-order chi connectivity index (χ0) is 28.1. The van der Waals surface area contributed by atoms with Gasteiger partial charge in [0, 0.05) is 64.6 Å². The fourth-order valence-corrected chi connectivity index (χ4v) is 5.12. The maximum Gasteiger partial charge on any atom is 0.251 e. The van der Waals surface area contributed by atoms with E-state index in [1.807, 2.05) is 23.1 Å². The lowest BCUT2D eigenvalue weighted by Crippen LogP contribution is -2.48. The van der Waals surface area contributed by atoms with Gasteiger partial charge in [0.05, 0.1) is 12.1 Å². The van der Waals surface area contributed by atoms with Gasteiger partial charge in [0.25, 0.3) is 5.91 Å². The summed E-state index contributed by atoms with van der Waals surface area (Å²) in [6.07, 6.45) is 4.83. The molecule has 2 fully saturated rings. The van der Waals surface area contributed by atoms with Crippen LogP contribution in [0.1, 0.15) is 47.7 Å². The number of amides is 2. The van der Waals surface area contributed by atoms with Crippen LogP contribution in [0.5, 0.6) is 5.75 Å². The largest absolute Gasteiger partial charge is 0.468 e. The number of methoxy groups -OCH3 is 1. The van der Waals surface area contributed by atoms with Gasteiger partial charge in [0.1, 0.15) is 17.4 Å². The first kappa shape index (κ1) is 27.9. The molecule has 5 rings (SSSR count). The molecule has 3 N–H and O–H groups in total. The molecule has 0 bridgehead atoms. The Bertz CT molecular complexity index is 1240. The van der Waals surface area contributed by atoms with E-state index in [9.17, 15) is 14.7 Å². The molecule has 2 aromatic rings. The molecule has 3 heterocycles. The third-order valence-electron chi connectivity index (χ3n) is 7.79. The van der Waals surface area contributed by atoms with Crippen molar-refractivity contribution in [2.45, 2.75) is 50.8 Å². The highest BCUT2D eigenvalue weighted by Crippen LogP contribution is 2.26. The van der Waals surface area contributed by atoms with Gasteiger partial charge < -0.3 is 35.0 Å². The predicted octanol–water partition coefficient (Wildman–Crippen LogP) is 1.83. The van der Waals surface area contributed by atoms with Gasteiger partial charge in [-0.05, 0) is 61.1 Å². The Morgan fingerprint density at radius 3 is 2.65 bits per heavy atom. The summed E-state index contributed by atoms with van der Waals surface area (Å²) in [5.74, 6) is 1.87. The zero-order valence-corrected chi connectivity index (χ0v) is 23.1. The van der Waals surface area contributed by atoms with Crippen molar-refractivity contribution in [1.29, 1.82) is 0 Å². The summed E-state index contributed by atoms with van der Waals surface area (Å²) in [6, 6.07) is 9.30. The van der Waals surface area contributed by atoms with Gasteiger partial charge in [-0.1, -0.05) is 6.07 Å². The van der Waals surface area contributed by atoms with Gasteiger partial charge >= 0.3 is 0 Å². The number of aliphatic hydroxyl groups is 1. The molecule has 1 aromatic carbocycles. The summed E-state index contributed by atoms with van der Waals surface area (Å²) >= 11 is 0. The normalized spacial score (nSPS) is 19.4. The van der Waals surface area contributed by atoms with Crippen LogP contribution in [0.25, 0.3) is 0 Å². The molecule has 1 saturated carbocycles. The number of carbonyl (C=O) groups is 2. The number of aromatic nitrogens is 1. The minimum atomic E-state index is -0.841. The van der Waals surface area contributed by atoms with Crippen LogP contribution in [0.2, 0.25) is 0 Å². The molecule has 0 spiro atoms. The molecular weight excluding hydrogens is 512 g/mol. The van der Waals surface area contributed by atoms with Crippen LogP contribution >= 0.6 is 0 Å². The standard InChI is InChI=1S/C29H38N6O5/c1-19(36)34-8-10-35(11-9-34)28-15-21(14-27(33-28)32-23-4-3-5-23)29(38)31-17-26(37)25-13-20-6-7-24(40-18-39-2)12-22(20)16-30-25/h6-7,12,14-16,23,25-26,37H,3-5,8-11,13,17-18H2,1-2H3,(H,31,38)(H,32,33)/t25?,26-/m1/s1. The van der Waals surface area contributed by atoms with Crippen LogP contribution in [-0.2, 0) is 16.0 Å². The lowest BCUT2D eigenvalue weighted by atomic mass is 9.93. The Hall–Kier alpha value is -3.70. The Labute approximate surface area is 234 Å². The van der Waals surface area contributed by atoms with Crippen molar-refractivity contribution < 1.29 is 24.2 Å². The Morgan fingerprint density at radius 2 is 1.95 bits per heavy atom. The molecule has 1 saturated heterocycles. The number of hydrogen-bond acceptors (Lipinski definition) is 9. The average molecular weight is 551 g/mol. The Kier molecular flexibility index (Phi) is 8.81. The quantitative estimate of drug-likeness (QED) is 0.382. The monoisotopic (exact) mass is 550 g/mol. The van der Waals surface area contributed by atoms with Gasteiger partial charge in [-0.25, -0.2) is 4.98 Å². The van der Waals surface area contributed by atoms with E-state index < -0.39 is 6.10 Å². The van der Waals surface area contributed by atoms with Crippen LogP contribution in [0.4, 0.5) is 11.6 Å². The highest BCUT2D eigenvalue weighted by Gasteiger charge is 2.26. The first-order valence-corrected chi connectivity index (χ1v) is 13.9. The van der Waals surface area contributed by atoms with E-state index in [0.717, 1.165) is 24.0 Å². The molecule has 1 aliphatic carbocycles. The summed E-state index contributed by atoms with van der Waals surface area (Å²) in [4.78, 5) is 38.2. The van der Waals surface area contributed by atoms with Gasteiger partial charge in [-0.15, -0.1) is 0 Å². The molecule has 2 amide bonds. The Morgan fingerprint density at radius 1 is 1.15 bits per heavy atom. The predicted molar refractivity (Wildman–Crippen MR) is 152 cm³/mol. The third kappa shape index (κ3) is 6.71. The molecule has 11 heteroatoms. The van der Waals surface area contributed by atoms with Gasteiger partial charge in [-0.2, -0.15) is 0 Å². The third-order valence-corrected chi connectivity index (χ3v) is 7.79. The first-order chi connectivity index (χ1) is 19.4. The summed E-state index contributed by atoms with van der Waals surface area (Å²) < 4.78 is 10.4. The number of anilines is 2. The van der Waals surface area contributed by atoms with Crippen molar-refractivity contribution in [3.05, 3.63) is 47.0 Å². The molecule has 0 radical (unpaired) electrons. The van der Waals surface area contributed by atoms with E-state index >= 15 is 0 Å². The van der Waals surface area contributed by atoms with E-state index in [1.165, 1.54) is 6.42 Å². The van der Waals surface area contributed by atoms with Crippen LogP contribution in [0.3, 0.4) is 0 Å². The van der Waals surface area contributed by atoms with E-state index in [0.29, 0.717) is 61.6 Å². The number of pyridine rings is 1. The number of benzene rings is 1.